The summed E-state index contributed by atoms with van der Waals surface area (Å²) in [4.78, 5) is 12.4. The first-order chi connectivity index (χ1) is 10.2. The highest BCUT2D eigenvalue weighted by Crippen LogP contribution is 2.30. The van der Waals surface area contributed by atoms with E-state index in [0.29, 0.717) is 23.5 Å². The highest BCUT2D eigenvalue weighted by Gasteiger charge is 2.39. The molecule has 22 heavy (non-hydrogen) atoms. The molecule has 1 saturated heterocycles. The second kappa shape index (κ2) is 5.79. The predicted molar refractivity (Wildman–Crippen MR) is 83.4 cm³/mol. The van der Waals surface area contributed by atoms with Crippen LogP contribution in [0.5, 0.6) is 11.5 Å². The minimum atomic E-state index is -3.08. The number of hydrogen-bond donors (Lipinski definition) is 1. The molecule has 1 aromatic carbocycles. The van der Waals surface area contributed by atoms with Crippen molar-refractivity contribution in [3.63, 3.8) is 0 Å². The number of hydrogen-bond acceptors (Lipinski definition) is 5. The highest BCUT2D eigenvalue weighted by atomic mass is 32.2. The van der Waals surface area contributed by atoms with Crippen molar-refractivity contribution < 1.29 is 22.7 Å². The molecule has 1 amide bonds. The first-order valence-electron chi connectivity index (χ1n) is 6.95. The van der Waals surface area contributed by atoms with Crippen LogP contribution < -0.4 is 14.8 Å². The van der Waals surface area contributed by atoms with Crippen LogP contribution >= 0.6 is 0 Å². The third-order valence-corrected chi connectivity index (χ3v) is 5.84. The van der Waals surface area contributed by atoms with E-state index in [1.165, 1.54) is 14.2 Å². The molecule has 0 bridgehead atoms. The van der Waals surface area contributed by atoms with Gasteiger partial charge in [0.1, 0.15) is 11.5 Å². The summed E-state index contributed by atoms with van der Waals surface area (Å²) < 4.78 is 33.7. The maximum absolute atomic E-state index is 12.4. The summed E-state index contributed by atoms with van der Waals surface area (Å²) in [5.74, 6) is 0.828. The third-order valence-electron chi connectivity index (χ3n) is 3.93. The Morgan fingerprint density at radius 3 is 2.18 bits per heavy atom. The lowest BCUT2D eigenvalue weighted by Crippen LogP contribution is -2.46. The smallest absolute Gasteiger partial charge is 0.252 e. The number of carbonyl (C=O) groups is 1. The van der Waals surface area contributed by atoms with Crippen LogP contribution in [0.1, 0.15) is 29.3 Å². The number of ether oxygens (including phenoxy) is 2. The van der Waals surface area contributed by atoms with E-state index in [1.54, 1.807) is 19.1 Å². The zero-order valence-corrected chi connectivity index (χ0v) is 14.0. The van der Waals surface area contributed by atoms with Gasteiger partial charge in [-0.3, -0.25) is 4.79 Å². The maximum Gasteiger partial charge on any atom is 0.252 e. The lowest BCUT2D eigenvalue weighted by atomic mass is 10.0. The molecule has 1 atom stereocenters. The van der Waals surface area contributed by atoms with Crippen molar-refractivity contribution >= 4 is 15.7 Å². The van der Waals surface area contributed by atoms with Crippen LogP contribution in [0.2, 0.25) is 0 Å². The molecule has 1 aliphatic heterocycles. The summed E-state index contributed by atoms with van der Waals surface area (Å²) in [7, 11) is -0.0339. The lowest BCUT2D eigenvalue weighted by Gasteiger charge is -2.24. The first-order valence-corrected chi connectivity index (χ1v) is 8.77. The van der Waals surface area contributed by atoms with E-state index >= 15 is 0 Å². The van der Waals surface area contributed by atoms with Crippen molar-refractivity contribution in [3.05, 3.63) is 23.3 Å². The Labute approximate surface area is 130 Å². The standard InChI is InChI=1S/C15H21NO5S/c1-10-12(20-3)7-11(8-13(10)21-4)14(17)16-15(2)5-6-22(18,19)9-15/h7-8H,5-6,9H2,1-4H3,(H,16,17)/t15-/m1/s1. The van der Waals surface area contributed by atoms with Gasteiger partial charge in [-0.05, 0) is 32.4 Å². The molecular weight excluding hydrogens is 306 g/mol. The van der Waals surface area contributed by atoms with Crippen LogP contribution in [0.3, 0.4) is 0 Å². The molecule has 1 heterocycles. The number of benzene rings is 1. The number of carbonyl (C=O) groups excluding carboxylic acids is 1. The number of sulfone groups is 1. The van der Waals surface area contributed by atoms with Crippen molar-refractivity contribution in [2.45, 2.75) is 25.8 Å². The number of rotatable bonds is 4. The molecule has 0 aromatic heterocycles. The second-order valence-corrected chi connectivity index (χ2v) is 8.05. The van der Waals surface area contributed by atoms with E-state index in [9.17, 15) is 13.2 Å². The quantitative estimate of drug-likeness (QED) is 0.902. The van der Waals surface area contributed by atoms with Crippen LogP contribution in [-0.2, 0) is 9.84 Å². The van der Waals surface area contributed by atoms with Gasteiger partial charge >= 0.3 is 0 Å². The van der Waals surface area contributed by atoms with Gasteiger partial charge in [-0.1, -0.05) is 0 Å². The predicted octanol–water partition coefficient (Wildman–Crippen LogP) is 1.32. The third kappa shape index (κ3) is 3.35. The minimum absolute atomic E-state index is 0.0358. The maximum atomic E-state index is 12.4. The molecule has 0 aliphatic carbocycles. The Balaban J connectivity index is 2.27. The second-order valence-electron chi connectivity index (χ2n) is 5.86. The van der Waals surface area contributed by atoms with Crippen LogP contribution in [0.4, 0.5) is 0 Å². The number of amides is 1. The number of nitrogens with one attached hydrogen (secondary N) is 1. The summed E-state index contributed by atoms with van der Waals surface area (Å²) in [5.41, 5.74) is 0.447. The summed E-state index contributed by atoms with van der Waals surface area (Å²) in [6, 6.07) is 3.25. The van der Waals surface area contributed by atoms with Crippen molar-refractivity contribution in [3.8, 4) is 11.5 Å². The Kier molecular flexibility index (Phi) is 4.37. The Morgan fingerprint density at radius 1 is 1.23 bits per heavy atom. The summed E-state index contributed by atoms with van der Waals surface area (Å²) >= 11 is 0. The van der Waals surface area contributed by atoms with Gasteiger partial charge in [0.2, 0.25) is 0 Å². The average molecular weight is 327 g/mol. The molecule has 1 aliphatic rings. The average Bonchev–Trinajstić information content (AvgIpc) is 2.72. The topological polar surface area (TPSA) is 81.7 Å². The zero-order valence-electron chi connectivity index (χ0n) is 13.2. The fourth-order valence-corrected chi connectivity index (χ4v) is 4.77. The van der Waals surface area contributed by atoms with E-state index in [2.05, 4.69) is 5.32 Å². The van der Waals surface area contributed by atoms with Gasteiger partial charge in [0.05, 0.1) is 31.3 Å². The fourth-order valence-electron chi connectivity index (χ4n) is 2.67. The van der Waals surface area contributed by atoms with Gasteiger partial charge in [-0.25, -0.2) is 8.42 Å². The van der Waals surface area contributed by atoms with Crippen LogP contribution in [0.15, 0.2) is 12.1 Å². The molecule has 7 heteroatoms. The van der Waals surface area contributed by atoms with E-state index in [4.69, 9.17) is 9.47 Å². The van der Waals surface area contributed by atoms with E-state index in [-0.39, 0.29) is 17.4 Å². The fraction of sp³-hybridized carbons (Fsp3) is 0.533. The zero-order chi connectivity index (χ0) is 16.5. The summed E-state index contributed by atoms with van der Waals surface area (Å²) in [6.07, 6.45) is 0.418. The molecule has 0 spiro atoms. The van der Waals surface area contributed by atoms with E-state index in [0.717, 1.165) is 5.56 Å². The van der Waals surface area contributed by atoms with Gasteiger partial charge < -0.3 is 14.8 Å². The van der Waals surface area contributed by atoms with E-state index in [1.807, 2.05) is 6.92 Å². The molecule has 2 rings (SSSR count). The van der Waals surface area contributed by atoms with Crippen molar-refractivity contribution in [1.82, 2.24) is 5.32 Å². The summed E-state index contributed by atoms with van der Waals surface area (Å²) in [6.45, 7) is 3.59. The summed E-state index contributed by atoms with van der Waals surface area (Å²) in [5, 5.41) is 2.82. The van der Waals surface area contributed by atoms with Gasteiger partial charge in [0.25, 0.3) is 5.91 Å². The van der Waals surface area contributed by atoms with Crippen molar-refractivity contribution in [2.75, 3.05) is 25.7 Å². The normalized spacial score (nSPS) is 23.1. The molecule has 122 valence electrons. The Morgan fingerprint density at radius 2 is 1.77 bits per heavy atom. The van der Waals surface area contributed by atoms with Gasteiger partial charge in [-0.2, -0.15) is 0 Å². The van der Waals surface area contributed by atoms with Crippen LogP contribution in [-0.4, -0.2) is 45.6 Å². The largest absolute Gasteiger partial charge is 0.496 e. The molecule has 0 radical (unpaired) electrons. The lowest BCUT2D eigenvalue weighted by molar-refractivity contribution is 0.0914. The van der Waals surface area contributed by atoms with Crippen molar-refractivity contribution in [1.29, 1.82) is 0 Å². The monoisotopic (exact) mass is 327 g/mol. The Hall–Kier alpha value is -1.76. The Bertz CT molecular complexity index is 673. The molecule has 6 nitrogen and oxygen atoms in total. The highest BCUT2D eigenvalue weighted by molar-refractivity contribution is 7.91. The van der Waals surface area contributed by atoms with E-state index < -0.39 is 15.4 Å². The molecule has 1 fully saturated rings. The SMILES string of the molecule is COc1cc(C(=O)N[C@]2(C)CCS(=O)(=O)C2)cc(OC)c1C. The van der Waals surface area contributed by atoms with Crippen LogP contribution in [0, 0.1) is 6.92 Å². The molecule has 0 saturated carbocycles. The molecule has 1 N–H and O–H groups in total. The molecule has 0 unspecified atom stereocenters. The molecule has 1 aromatic rings. The number of methoxy groups -OCH3 is 2. The molecular formula is C15H21NO5S. The van der Waals surface area contributed by atoms with Crippen molar-refractivity contribution in [2.24, 2.45) is 0 Å². The minimum Gasteiger partial charge on any atom is -0.496 e. The van der Waals surface area contributed by atoms with Gasteiger partial charge in [0, 0.05) is 11.1 Å². The van der Waals surface area contributed by atoms with Gasteiger partial charge in [0.15, 0.2) is 9.84 Å². The first kappa shape index (κ1) is 16.6. The van der Waals surface area contributed by atoms with Gasteiger partial charge in [-0.15, -0.1) is 0 Å². The van der Waals surface area contributed by atoms with Crippen LogP contribution in [0.25, 0.3) is 0 Å².